The summed E-state index contributed by atoms with van der Waals surface area (Å²) in [7, 11) is 0. The van der Waals surface area contributed by atoms with E-state index in [1.807, 2.05) is 11.8 Å². The Kier molecular flexibility index (Phi) is 5.26. The quantitative estimate of drug-likeness (QED) is 0.658. The summed E-state index contributed by atoms with van der Waals surface area (Å²) in [6, 6.07) is 4.31. The van der Waals surface area contributed by atoms with Gasteiger partial charge in [0.15, 0.2) is 0 Å². The molecule has 0 aromatic heterocycles. The molecule has 1 aliphatic heterocycles. The Morgan fingerprint density at radius 3 is 3.11 bits per heavy atom. The molecule has 1 fully saturated rings. The van der Waals surface area contributed by atoms with Crippen LogP contribution in [-0.4, -0.2) is 30.3 Å². The number of benzene rings is 1. The molecule has 0 bridgehead atoms. The van der Waals surface area contributed by atoms with Crippen LogP contribution in [0.5, 0.6) is 0 Å². The van der Waals surface area contributed by atoms with E-state index >= 15 is 0 Å². The number of ether oxygens (including phenoxy) is 1. The molecule has 6 heteroatoms. The van der Waals surface area contributed by atoms with Crippen molar-refractivity contribution in [2.24, 2.45) is 5.84 Å². The fourth-order valence-electron chi connectivity index (χ4n) is 1.97. The molecule has 0 aliphatic carbocycles. The monoisotopic (exact) mass is 290 g/mol. The van der Waals surface area contributed by atoms with Crippen molar-refractivity contribution in [2.45, 2.75) is 18.6 Å². The highest BCUT2D eigenvalue weighted by Crippen LogP contribution is 2.22. The van der Waals surface area contributed by atoms with Gasteiger partial charge in [0.1, 0.15) is 5.82 Å². The maximum absolute atomic E-state index is 13.2. The minimum absolute atomic E-state index is 0.0353. The predicted molar refractivity (Wildman–Crippen MR) is 73.3 cm³/mol. The molecule has 2 rings (SSSR count). The van der Waals surface area contributed by atoms with Crippen LogP contribution in [-0.2, 0) is 11.2 Å². The van der Waals surface area contributed by atoms with Gasteiger partial charge >= 0.3 is 0 Å². The zero-order valence-electron chi connectivity index (χ0n) is 9.86. The fourth-order valence-corrected chi connectivity index (χ4v) is 3.11. The zero-order valence-corrected chi connectivity index (χ0v) is 11.4. The summed E-state index contributed by atoms with van der Waals surface area (Å²) < 4.78 is 18.9. The molecule has 1 aromatic carbocycles. The zero-order chi connectivity index (χ0) is 13.0. The molecule has 1 aromatic rings. The molecule has 3 nitrogen and oxygen atoms in total. The molecular weight excluding hydrogens is 275 g/mol. The van der Waals surface area contributed by atoms with Gasteiger partial charge in [-0.2, -0.15) is 11.8 Å². The lowest BCUT2D eigenvalue weighted by Crippen LogP contribution is -2.49. The van der Waals surface area contributed by atoms with Crippen molar-refractivity contribution in [2.75, 3.05) is 18.1 Å². The van der Waals surface area contributed by atoms with Crippen molar-refractivity contribution in [3.63, 3.8) is 0 Å². The van der Waals surface area contributed by atoms with E-state index in [4.69, 9.17) is 22.2 Å². The molecule has 1 saturated heterocycles. The van der Waals surface area contributed by atoms with Gasteiger partial charge < -0.3 is 4.74 Å². The van der Waals surface area contributed by atoms with Gasteiger partial charge in [0.2, 0.25) is 0 Å². The normalized spacial score (nSPS) is 21.8. The van der Waals surface area contributed by atoms with E-state index in [0.29, 0.717) is 11.4 Å². The number of hydrogen-bond donors (Lipinski definition) is 2. The summed E-state index contributed by atoms with van der Waals surface area (Å²) in [5, 5.41) is 0.556. The van der Waals surface area contributed by atoms with Crippen molar-refractivity contribution in [1.29, 1.82) is 0 Å². The van der Waals surface area contributed by atoms with Crippen LogP contribution in [0.25, 0.3) is 0 Å². The van der Waals surface area contributed by atoms with Gasteiger partial charge in [-0.3, -0.25) is 11.3 Å². The summed E-state index contributed by atoms with van der Waals surface area (Å²) in [5.74, 6) is 7.17. The Bertz CT molecular complexity index is 402. The number of nitrogens with two attached hydrogens (primary N) is 1. The Labute approximate surface area is 115 Å². The van der Waals surface area contributed by atoms with Gasteiger partial charge in [-0.1, -0.05) is 11.6 Å². The first-order chi connectivity index (χ1) is 8.70. The molecule has 1 aliphatic rings. The summed E-state index contributed by atoms with van der Waals surface area (Å²) in [6.07, 6.45) is 0.589. The van der Waals surface area contributed by atoms with E-state index < -0.39 is 0 Å². The predicted octanol–water partition coefficient (Wildman–Crippen LogP) is 1.99. The molecule has 2 atom stereocenters. The van der Waals surface area contributed by atoms with Gasteiger partial charge in [0.25, 0.3) is 0 Å². The van der Waals surface area contributed by atoms with Crippen LogP contribution in [0.4, 0.5) is 4.39 Å². The minimum Gasteiger partial charge on any atom is -0.375 e. The second kappa shape index (κ2) is 6.73. The summed E-state index contributed by atoms with van der Waals surface area (Å²) >= 11 is 7.89. The first kappa shape index (κ1) is 14.1. The molecule has 0 amide bonds. The molecular formula is C12H16ClFN2OS. The molecule has 0 radical (unpaired) electrons. The second-order valence-corrected chi connectivity index (χ2v) is 5.75. The third kappa shape index (κ3) is 3.59. The lowest BCUT2D eigenvalue weighted by molar-refractivity contribution is 0.0472. The molecule has 0 saturated carbocycles. The van der Waals surface area contributed by atoms with Gasteiger partial charge in [0.05, 0.1) is 18.8 Å². The van der Waals surface area contributed by atoms with E-state index in [1.54, 1.807) is 6.07 Å². The molecule has 0 spiro atoms. The number of nitrogens with one attached hydrogen (secondary N) is 1. The highest BCUT2D eigenvalue weighted by atomic mass is 35.5. The molecule has 100 valence electrons. The second-order valence-electron chi connectivity index (χ2n) is 4.20. The summed E-state index contributed by atoms with van der Waals surface area (Å²) in [6.45, 7) is 0.727. The average molecular weight is 291 g/mol. The van der Waals surface area contributed by atoms with Crippen molar-refractivity contribution in [3.05, 3.63) is 34.6 Å². The molecule has 2 unspecified atom stereocenters. The summed E-state index contributed by atoms with van der Waals surface area (Å²) in [5.41, 5.74) is 3.50. The van der Waals surface area contributed by atoms with Crippen LogP contribution < -0.4 is 11.3 Å². The van der Waals surface area contributed by atoms with Crippen LogP contribution in [0.1, 0.15) is 5.56 Å². The largest absolute Gasteiger partial charge is 0.375 e. The number of halogens is 2. The van der Waals surface area contributed by atoms with E-state index in [9.17, 15) is 4.39 Å². The van der Waals surface area contributed by atoms with Crippen LogP contribution in [0.3, 0.4) is 0 Å². The lowest BCUT2D eigenvalue weighted by Gasteiger charge is -2.30. The van der Waals surface area contributed by atoms with Crippen molar-refractivity contribution in [1.82, 2.24) is 5.43 Å². The number of rotatable bonds is 4. The highest BCUT2D eigenvalue weighted by Gasteiger charge is 2.24. The Morgan fingerprint density at radius 1 is 1.61 bits per heavy atom. The lowest BCUT2D eigenvalue weighted by atomic mass is 10.0. The minimum atomic E-state index is -0.288. The van der Waals surface area contributed by atoms with Gasteiger partial charge in [-0.15, -0.1) is 0 Å². The van der Waals surface area contributed by atoms with Gasteiger partial charge in [0, 0.05) is 16.5 Å². The van der Waals surface area contributed by atoms with E-state index in [2.05, 4.69) is 5.43 Å². The molecule has 1 heterocycles. The maximum Gasteiger partial charge on any atom is 0.123 e. The third-order valence-electron chi connectivity index (χ3n) is 2.95. The topological polar surface area (TPSA) is 47.3 Å². The third-order valence-corrected chi connectivity index (χ3v) is 4.34. The van der Waals surface area contributed by atoms with Crippen LogP contribution in [0.2, 0.25) is 5.02 Å². The first-order valence-electron chi connectivity index (χ1n) is 5.80. The Hall–Kier alpha value is -0.330. The van der Waals surface area contributed by atoms with Gasteiger partial charge in [-0.05, 0) is 30.2 Å². The van der Waals surface area contributed by atoms with Gasteiger partial charge in [-0.25, -0.2) is 4.39 Å². The summed E-state index contributed by atoms with van der Waals surface area (Å²) in [4.78, 5) is 0. The van der Waals surface area contributed by atoms with Crippen LogP contribution in [0, 0.1) is 5.82 Å². The van der Waals surface area contributed by atoms with Crippen LogP contribution in [0.15, 0.2) is 18.2 Å². The molecule has 18 heavy (non-hydrogen) atoms. The Morgan fingerprint density at radius 2 is 2.44 bits per heavy atom. The fraction of sp³-hybridized carbons (Fsp3) is 0.500. The highest BCUT2D eigenvalue weighted by molar-refractivity contribution is 7.99. The van der Waals surface area contributed by atoms with Crippen LogP contribution >= 0.6 is 23.4 Å². The number of hydrogen-bond acceptors (Lipinski definition) is 4. The smallest absolute Gasteiger partial charge is 0.123 e. The first-order valence-corrected chi connectivity index (χ1v) is 7.33. The Balaban J connectivity index is 2.06. The van der Waals surface area contributed by atoms with Crippen molar-refractivity contribution < 1.29 is 9.13 Å². The maximum atomic E-state index is 13.2. The van der Waals surface area contributed by atoms with E-state index in [-0.39, 0.29) is 18.0 Å². The van der Waals surface area contributed by atoms with E-state index in [0.717, 1.165) is 23.7 Å². The number of thioether (sulfide) groups is 1. The SMILES string of the molecule is NNC(Cc1cc(F)ccc1Cl)C1CSCCO1. The standard InChI is InChI=1S/C12H16ClFN2OS/c13-10-2-1-9(14)5-8(10)6-11(16-15)12-7-18-4-3-17-12/h1-2,5,11-12,16H,3-4,6-7,15H2. The average Bonchev–Trinajstić information content (AvgIpc) is 2.41. The van der Waals surface area contributed by atoms with Crippen molar-refractivity contribution >= 4 is 23.4 Å². The van der Waals surface area contributed by atoms with Crippen molar-refractivity contribution in [3.8, 4) is 0 Å². The molecule has 3 N–H and O–H groups in total. The number of hydrazine groups is 1. The van der Waals surface area contributed by atoms with E-state index in [1.165, 1.54) is 12.1 Å².